The predicted molar refractivity (Wildman–Crippen MR) is 86.2 cm³/mol. The number of halogens is 1. The second kappa shape index (κ2) is 6.32. The minimum atomic E-state index is -3.43. The van der Waals surface area contributed by atoms with Crippen molar-refractivity contribution in [2.45, 2.75) is 49.3 Å². The molecule has 1 atom stereocenters. The van der Waals surface area contributed by atoms with Crippen molar-refractivity contribution >= 4 is 33.8 Å². The van der Waals surface area contributed by atoms with Gasteiger partial charge in [-0.3, -0.25) is 0 Å². The van der Waals surface area contributed by atoms with Gasteiger partial charge in [-0.05, 0) is 36.3 Å². The molecule has 0 aromatic carbocycles. The van der Waals surface area contributed by atoms with Gasteiger partial charge in [0.25, 0.3) is 0 Å². The van der Waals surface area contributed by atoms with Crippen LogP contribution in [0.25, 0.3) is 0 Å². The fourth-order valence-electron chi connectivity index (χ4n) is 1.96. The highest BCUT2D eigenvalue weighted by Gasteiger charge is 2.34. The Morgan fingerprint density at radius 2 is 2.00 bits per heavy atom. The molecule has 0 radical (unpaired) electrons. The van der Waals surface area contributed by atoms with Gasteiger partial charge in [-0.25, -0.2) is 13.1 Å². The topological polar surface area (TPSA) is 72.2 Å². The third-order valence-electron chi connectivity index (χ3n) is 3.34. The number of hydrogen-bond acceptors (Lipinski definition) is 4. The summed E-state index contributed by atoms with van der Waals surface area (Å²) in [7, 11) is -3.43. The molecule has 2 rings (SSSR count). The number of rotatable bonds is 5. The minimum absolute atomic E-state index is 0. The number of nitrogens with one attached hydrogen (secondary N) is 1. The Morgan fingerprint density at radius 3 is 2.40 bits per heavy atom. The molecule has 0 bridgehead atoms. The Kier molecular flexibility index (Phi) is 5.66. The van der Waals surface area contributed by atoms with Gasteiger partial charge in [0.05, 0.1) is 0 Å². The number of nitrogens with two attached hydrogens (primary N) is 1. The molecule has 20 heavy (non-hydrogen) atoms. The lowest BCUT2D eigenvalue weighted by atomic mass is 9.95. The highest BCUT2D eigenvalue weighted by atomic mass is 35.5. The molecule has 4 nitrogen and oxygen atoms in total. The lowest BCUT2D eigenvalue weighted by Crippen LogP contribution is -2.41. The van der Waals surface area contributed by atoms with Crippen LogP contribution >= 0.6 is 23.7 Å². The Morgan fingerprint density at radius 1 is 1.40 bits per heavy atom. The van der Waals surface area contributed by atoms with Gasteiger partial charge in [-0.2, -0.15) is 0 Å². The average molecular weight is 339 g/mol. The summed E-state index contributed by atoms with van der Waals surface area (Å²) in [5.41, 5.74) is 5.62. The molecule has 1 aromatic rings. The summed E-state index contributed by atoms with van der Waals surface area (Å²) in [5, 5.41) is 0. The summed E-state index contributed by atoms with van der Waals surface area (Å²) in [6, 6.07) is 3.46. The molecule has 116 valence electrons. The van der Waals surface area contributed by atoms with Gasteiger partial charge in [0.2, 0.25) is 10.0 Å². The number of thiophene rings is 1. The molecule has 0 amide bonds. The monoisotopic (exact) mass is 338 g/mol. The molecule has 7 heteroatoms. The normalized spacial score (nSPS) is 17.6. The Balaban J connectivity index is 0.00000200. The van der Waals surface area contributed by atoms with E-state index in [0.717, 1.165) is 17.7 Å². The second-order valence-electron chi connectivity index (χ2n) is 6.17. The Labute approximate surface area is 131 Å². The van der Waals surface area contributed by atoms with Crippen molar-refractivity contribution in [1.29, 1.82) is 0 Å². The van der Waals surface area contributed by atoms with Gasteiger partial charge in [0, 0.05) is 17.5 Å². The van der Waals surface area contributed by atoms with Crippen molar-refractivity contribution < 1.29 is 8.42 Å². The van der Waals surface area contributed by atoms with E-state index in [2.05, 4.69) is 25.5 Å². The van der Waals surface area contributed by atoms with Crippen LogP contribution in [0.5, 0.6) is 0 Å². The maximum atomic E-state index is 12.3. The van der Waals surface area contributed by atoms with E-state index in [-0.39, 0.29) is 23.9 Å². The first kappa shape index (κ1) is 17.9. The third-order valence-corrected chi connectivity index (χ3v) is 6.83. The van der Waals surface area contributed by atoms with Crippen LogP contribution in [0.15, 0.2) is 16.3 Å². The first-order valence-electron chi connectivity index (χ1n) is 6.57. The Hall–Kier alpha value is -0.140. The van der Waals surface area contributed by atoms with Crippen LogP contribution in [0.1, 0.15) is 38.5 Å². The molecule has 3 N–H and O–H groups in total. The SMILES string of the molecule is CC(C)(C)c1ccc(S(=O)(=O)NC(CN)C2CC2)s1.Cl. The highest BCUT2D eigenvalue weighted by molar-refractivity contribution is 7.91. The third kappa shape index (κ3) is 4.18. The smallest absolute Gasteiger partial charge is 0.250 e. The summed E-state index contributed by atoms with van der Waals surface area (Å²) >= 11 is 1.34. The van der Waals surface area contributed by atoms with E-state index in [1.807, 2.05) is 6.07 Å². The van der Waals surface area contributed by atoms with E-state index in [0.29, 0.717) is 16.7 Å². The quantitative estimate of drug-likeness (QED) is 0.866. The van der Waals surface area contributed by atoms with Crippen LogP contribution in [0, 0.1) is 5.92 Å². The van der Waals surface area contributed by atoms with E-state index in [4.69, 9.17) is 5.73 Å². The number of hydrogen-bond donors (Lipinski definition) is 2. The fraction of sp³-hybridized carbons (Fsp3) is 0.692. The molecule has 1 aliphatic carbocycles. The Bertz CT molecular complexity index is 545. The minimum Gasteiger partial charge on any atom is -0.329 e. The summed E-state index contributed by atoms with van der Waals surface area (Å²) < 4.78 is 27.8. The lowest BCUT2D eigenvalue weighted by Gasteiger charge is -2.16. The van der Waals surface area contributed by atoms with E-state index >= 15 is 0 Å². The van der Waals surface area contributed by atoms with Gasteiger partial charge in [-0.15, -0.1) is 23.7 Å². The van der Waals surface area contributed by atoms with Gasteiger partial charge >= 0.3 is 0 Å². The molecule has 1 heterocycles. The van der Waals surface area contributed by atoms with Gasteiger partial charge < -0.3 is 5.73 Å². The van der Waals surface area contributed by atoms with E-state index in [1.54, 1.807) is 6.07 Å². The molecule has 0 saturated heterocycles. The summed E-state index contributed by atoms with van der Waals surface area (Å²) in [5.74, 6) is 0.418. The van der Waals surface area contributed by atoms with Gasteiger partial charge in [0.15, 0.2) is 0 Å². The lowest BCUT2D eigenvalue weighted by molar-refractivity contribution is 0.520. The van der Waals surface area contributed by atoms with Crippen molar-refractivity contribution in [1.82, 2.24) is 4.72 Å². The van der Waals surface area contributed by atoms with Crippen LogP contribution in [-0.2, 0) is 15.4 Å². The fourth-order valence-corrected chi connectivity index (χ4v) is 4.66. The summed E-state index contributed by atoms with van der Waals surface area (Å²) in [4.78, 5) is 1.07. The molecule has 1 fully saturated rings. The van der Waals surface area contributed by atoms with Crippen molar-refractivity contribution in [2.24, 2.45) is 11.7 Å². The summed E-state index contributed by atoms with van der Waals surface area (Å²) in [6.07, 6.45) is 2.14. The largest absolute Gasteiger partial charge is 0.329 e. The standard InChI is InChI=1S/C13H22N2O2S2.ClH/c1-13(2,3)11-6-7-12(18-11)19(16,17)15-10(8-14)9-4-5-9;/h6-7,9-10,15H,4-5,8,14H2,1-3H3;1H. The molecule has 1 saturated carbocycles. The molecule has 0 spiro atoms. The predicted octanol–water partition coefficient (Wildman–Crippen LogP) is 2.48. The van der Waals surface area contributed by atoms with E-state index < -0.39 is 10.0 Å². The van der Waals surface area contributed by atoms with Crippen LogP contribution in [0.4, 0.5) is 0 Å². The maximum absolute atomic E-state index is 12.3. The summed E-state index contributed by atoms with van der Waals surface area (Å²) in [6.45, 7) is 6.60. The van der Waals surface area contributed by atoms with Crippen molar-refractivity contribution in [3.05, 3.63) is 17.0 Å². The van der Waals surface area contributed by atoms with Crippen molar-refractivity contribution in [3.8, 4) is 0 Å². The maximum Gasteiger partial charge on any atom is 0.250 e. The zero-order chi connectivity index (χ0) is 14.3. The average Bonchev–Trinajstić information content (AvgIpc) is 2.99. The zero-order valence-corrected chi connectivity index (χ0v) is 14.5. The van der Waals surface area contributed by atoms with E-state index in [9.17, 15) is 8.42 Å². The molecule has 1 aliphatic rings. The second-order valence-corrected chi connectivity index (χ2v) is 9.19. The molecular formula is C13H23ClN2O2S2. The van der Waals surface area contributed by atoms with Crippen LogP contribution < -0.4 is 10.5 Å². The van der Waals surface area contributed by atoms with Crippen LogP contribution in [0.3, 0.4) is 0 Å². The van der Waals surface area contributed by atoms with Crippen LogP contribution in [-0.4, -0.2) is 21.0 Å². The van der Waals surface area contributed by atoms with Gasteiger partial charge in [0.1, 0.15) is 4.21 Å². The van der Waals surface area contributed by atoms with E-state index in [1.165, 1.54) is 11.3 Å². The van der Waals surface area contributed by atoms with Crippen molar-refractivity contribution in [3.63, 3.8) is 0 Å². The molecule has 1 aromatic heterocycles. The van der Waals surface area contributed by atoms with Crippen LogP contribution in [0.2, 0.25) is 0 Å². The van der Waals surface area contributed by atoms with Gasteiger partial charge in [-0.1, -0.05) is 20.8 Å². The molecule has 0 aliphatic heterocycles. The first-order chi connectivity index (χ1) is 8.74. The van der Waals surface area contributed by atoms with Crippen molar-refractivity contribution in [2.75, 3.05) is 6.54 Å². The zero-order valence-electron chi connectivity index (χ0n) is 12.0. The number of sulfonamides is 1. The molecule has 1 unspecified atom stereocenters. The highest BCUT2D eigenvalue weighted by Crippen LogP contribution is 2.34. The first-order valence-corrected chi connectivity index (χ1v) is 8.87. The molecular weight excluding hydrogens is 316 g/mol.